The van der Waals surface area contributed by atoms with Crippen LogP contribution in [0, 0.1) is 13.8 Å². The number of fused-ring (bicyclic) bond motifs is 3. The smallest absolute Gasteiger partial charge is 0.326 e. The average molecular weight is 739 g/mol. The van der Waals surface area contributed by atoms with Crippen LogP contribution in [0.1, 0.15) is 79.0 Å². The van der Waals surface area contributed by atoms with E-state index < -0.39 is 11.2 Å². The molecule has 0 spiro atoms. The van der Waals surface area contributed by atoms with Crippen molar-refractivity contribution in [3.8, 4) is 0 Å². The number of carbonyl (C=O) groups is 1. The summed E-state index contributed by atoms with van der Waals surface area (Å²) in [5.74, 6) is 1.71. The summed E-state index contributed by atoms with van der Waals surface area (Å²) < 4.78 is 8.62. The topological polar surface area (TPSA) is 157 Å². The van der Waals surface area contributed by atoms with Crippen LogP contribution in [0.5, 0.6) is 0 Å². The highest BCUT2D eigenvalue weighted by Gasteiger charge is 2.20. The Bertz CT molecular complexity index is 2390. The number of unbranched alkanes of at least 4 members (excludes halogenated alkanes) is 1. The van der Waals surface area contributed by atoms with E-state index in [0.29, 0.717) is 53.2 Å². The molecule has 0 saturated carbocycles. The Hall–Kier alpha value is -4.73. The second-order valence-corrected chi connectivity index (χ2v) is 14.9. The highest BCUT2D eigenvalue weighted by molar-refractivity contribution is 7.98. The Balaban J connectivity index is 1.05. The Morgan fingerprint density at radius 3 is 2.54 bits per heavy atom. The van der Waals surface area contributed by atoms with Gasteiger partial charge in [0.2, 0.25) is 11.1 Å². The van der Waals surface area contributed by atoms with Gasteiger partial charge in [-0.15, -0.1) is 5.10 Å². The first-order valence-electron chi connectivity index (χ1n) is 17.7. The van der Waals surface area contributed by atoms with E-state index in [1.807, 2.05) is 59.3 Å². The lowest BCUT2D eigenvalue weighted by Crippen LogP contribution is -2.31. The van der Waals surface area contributed by atoms with Gasteiger partial charge in [0.25, 0.3) is 11.3 Å². The van der Waals surface area contributed by atoms with Gasteiger partial charge in [0.1, 0.15) is 5.82 Å². The zero-order valence-corrected chi connectivity index (χ0v) is 31.4. The Kier molecular flexibility index (Phi) is 10.6. The zero-order chi connectivity index (χ0) is 36.4. The number of rotatable bonds is 13. The number of hydrogen-bond donors (Lipinski definition) is 3. The van der Waals surface area contributed by atoms with Gasteiger partial charge in [0.05, 0.1) is 12.3 Å². The van der Waals surface area contributed by atoms with Crippen LogP contribution in [0.15, 0.2) is 62.1 Å². The van der Waals surface area contributed by atoms with Crippen LogP contribution < -0.4 is 21.3 Å². The Labute approximate surface area is 309 Å². The normalized spacial score (nSPS) is 13.1. The van der Waals surface area contributed by atoms with Gasteiger partial charge in [-0.1, -0.05) is 49.4 Å². The molecule has 4 aromatic heterocycles. The molecule has 7 rings (SSSR count). The molecule has 15 heteroatoms. The van der Waals surface area contributed by atoms with Crippen LogP contribution >= 0.6 is 23.7 Å². The second-order valence-electron chi connectivity index (χ2n) is 13.0. The Morgan fingerprint density at radius 2 is 1.75 bits per heavy atom. The van der Waals surface area contributed by atoms with Crippen molar-refractivity contribution in [1.82, 2.24) is 43.4 Å². The molecule has 1 aliphatic heterocycles. The minimum atomic E-state index is -0.502. The third-order valence-electron chi connectivity index (χ3n) is 9.45. The highest BCUT2D eigenvalue weighted by atomic mass is 32.2. The van der Waals surface area contributed by atoms with E-state index in [2.05, 4.69) is 39.9 Å². The van der Waals surface area contributed by atoms with Gasteiger partial charge in [0, 0.05) is 41.5 Å². The SMILES string of the molecule is CCCCc1c(C)nc2nc(SCc3nc4c(c(=O)[nH]c(=O)n4Cc4ccc(CNSc5ccc6c(c5)CCCC(=O)N6)cc4)n3CC)nn2c1C. The fourth-order valence-electron chi connectivity index (χ4n) is 6.67. The van der Waals surface area contributed by atoms with E-state index in [9.17, 15) is 14.4 Å². The number of H-pyrrole nitrogens is 1. The van der Waals surface area contributed by atoms with Gasteiger partial charge in [-0.25, -0.2) is 19.3 Å². The molecular weight excluding hydrogens is 697 g/mol. The molecule has 5 heterocycles. The first kappa shape index (κ1) is 35.7. The molecule has 52 heavy (non-hydrogen) atoms. The third-order valence-corrected chi connectivity index (χ3v) is 11.1. The summed E-state index contributed by atoms with van der Waals surface area (Å²) in [6, 6.07) is 14.2. The van der Waals surface area contributed by atoms with Crippen LogP contribution in [0.25, 0.3) is 16.9 Å². The van der Waals surface area contributed by atoms with Crippen molar-refractivity contribution in [3.05, 3.63) is 103 Å². The number of aromatic nitrogens is 8. The summed E-state index contributed by atoms with van der Waals surface area (Å²) >= 11 is 2.98. The maximum atomic E-state index is 13.2. The van der Waals surface area contributed by atoms with Crippen molar-refractivity contribution in [2.45, 2.75) is 102 Å². The number of carbonyl (C=O) groups excluding carboxylic acids is 1. The van der Waals surface area contributed by atoms with Crippen molar-refractivity contribution in [2.24, 2.45) is 0 Å². The first-order valence-corrected chi connectivity index (χ1v) is 19.5. The molecule has 0 saturated heterocycles. The number of nitrogens with zero attached hydrogens (tertiary/aromatic N) is 7. The average Bonchev–Trinajstić information content (AvgIpc) is 3.66. The number of benzene rings is 2. The van der Waals surface area contributed by atoms with Gasteiger partial charge in [-0.05, 0) is 98.9 Å². The van der Waals surface area contributed by atoms with E-state index in [1.54, 1.807) is 11.9 Å². The van der Waals surface area contributed by atoms with Crippen LogP contribution in [0.3, 0.4) is 0 Å². The van der Waals surface area contributed by atoms with Gasteiger partial charge in [0.15, 0.2) is 11.2 Å². The van der Waals surface area contributed by atoms with Gasteiger partial charge >= 0.3 is 5.69 Å². The summed E-state index contributed by atoms with van der Waals surface area (Å²) in [6.07, 6.45) is 5.43. The van der Waals surface area contributed by atoms with Gasteiger partial charge < -0.3 is 9.88 Å². The Morgan fingerprint density at radius 1 is 0.942 bits per heavy atom. The number of aryl methyl sites for hydroxylation is 4. The maximum absolute atomic E-state index is 13.2. The summed E-state index contributed by atoms with van der Waals surface area (Å²) in [6.45, 7) is 9.62. The molecule has 270 valence electrons. The number of imidazole rings is 1. The number of hydrogen-bond acceptors (Lipinski definition) is 10. The molecule has 3 N–H and O–H groups in total. The molecule has 1 amide bonds. The van der Waals surface area contributed by atoms with Crippen LogP contribution in [0.4, 0.5) is 5.69 Å². The number of anilines is 1. The predicted molar refractivity (Wildman–Crippen MR) is 205 cm³/mol. The van der Waals surface area contributed by atoms with Gasteiger partial charge in [-0.2, -0.15) is 4.98 Å². The van der Waals surface area contributed by atoms with Crippen molar-refractivity contribution >= 4 is 52.2 Å². The predicted octanol–water partition coefficient (Wildman–Crippen LogP) is 5.72. The number of thioether (sulfide) groups is 1. The molecule has 0 fully saturated rings. The number of amides is 1. The fraction of sp³-hybridized carbons (Fsp3) is 0.378. The summed E-state index contributed by atoms with van der Waals surface area (Å²) in [5, 5.41) is 8.30. The number of nitrogens with one attached hydrogen (secondary N) is 3. The van der Waals surface area contributed by atoms with Crippen molar-refractivity contribution in [1.29, 1.82) is 0 Å². The molecule has 0 radical (unpaired) electrons. The molecule has 0 unspecified atom stereocenters. The minimum Gasteiger partial charge on any atom is -0.326 e. The quantitative estimate of drug-likeness (QED) is 0.0990. The van der Waals surface area contributed by atoms with Crippen molar-refractivity contribution < 1.29 is 4.79 Å². The third kappa shape index (κ3) is 7.43. The lowest BCUT2D eigenvalue weighted by Gasteiger charge is -2.10. The van der Waals surface area contributed by atoms with E-state index in [4.69, 9.17) is 15.1 Å². The fourth-order valence-corrected chi connectivity index (χ4v) is 8.18. The van der Waals surface area contributed by atoms with Crippen LogP contribution in [0.2, 0.25) is 0 Å². The van der Waals surface area contributed by atoms with E-state index in [0.717, 1.165) is 70.8 Å². The zero-order valence-electron chi connectivity index (χ0n) is 29.8. The number of aromatic amines is 1. The summed E-state index contributed by atoms with van der Waals surface area (Å²) in [5.41, 5.74) is 7.06. The standard InChI is InChI=1S/C37H42N10O3S2/c1-5-7-10-28-22(3)39-35-43-36(44-47(35)23(28)4)51-21-30-41-33-32(45(30)6-2)34(49)42-37(50)46(33)20-25-14-12-24(13-15-25)19-38-52-27-16-17-29-26(18-27)9-8-11-31(48)40-29/h12-18,38H,5-11,19-21H2,1-4H3,(H,40,48)(H,42,49,50). The summed E-state index contributed by atoms with van der Waals surface area (Å²) in [7, 11) is 0. The van der Waals surface area contributed by atoms with Crippen LogP contribution in [-0.4, -0.2) is 44.6 Å². The molecule has 13 nitrogen and oxygen atoms in total. The lowest BCUT2D eigenvalue weighted by atomic mass is 10.1. The van der Waals surface area contributed by atoms with E-state index in [1.165, 1.54) is 21.9 Å². The molecule has 0 aliphatic carbocycles. The van der Waals surface area contributed by atoms with Crippen LogP contribution in [-0.2, 0) is 43.0 Å². The monoisotopic (exact) mass is 738 g/mol. The van der Waals surface area contributed by atoms with Crippen molar-refractivity contribution in [2.75, 3.05) is 5.32 Å². The maximum Gasteiger partial charge on any atom is 0.330 e. The molecular formula is C37H42N10O3S2. The van der Waals surface area contributed by atoms with Gasteiger partial charge in [-0.3, -0.25) is 23.9 Å². The molecule has 2 aromatic carbocycles. The highest BCUT2D eigenvalue weighted by Crippen LogP contribution is 2.28. The first-order chi connectivity index (χ1) is 25.2. The molecule has 1 aliphatic rings. The molecule has 0 bridgehead atoms. The largest absolute Gasteiger partial charge is 0.330 e. The second kappa shape index (κ2) is 15.5. The molecule has 6 aromatic rings. The minimum absolute atomic E-state index is 0.0717. The van der Waals surface area contributed by atoms with E-state index in [-0.39, 0.29) is 12.5 Å². The summed E-state index contributed by atoms with van der Waals surface area (Å²) in [4.78, 5) is 56.0. The van der Waals surface area contributed by atoms with Crippen molar-refractivity contribution in [3.63, 3.8) is 0 Å². The lowest BCUT2D eigenvalue weighted by molar-refractivity contribution is -0.116. The van der Waals surface area contributed by atoms with E-state index >= 15 is 0 Å². The molecule has 0 atom stereocenters.